The van der Waals surface area contributed by atoms with E-state index in [1.807, 2.05) is 23.1 Å². The lowest BCUT2D eigenvalue weighted by molar-refractivity contribution is -0.134. The number of carbonyl (C=O) groups is 2. The molecule has 0 saturated carbocycles. The summed E-state index contributed by atoms with van der Waals surface area (Å²) in [4.78, 5) is 32.3. The summed E-state index contributed by atoms with van der Waals surface area (Å²) in [5, 5.41) is 0. The van der Waals surface area contributed by atoms with Crippen LogP contribution in [0, 0.1) is 5.82 Å². The molecule has 29 heavy (non-hydrogen) atoms. The number of carbonyl (C=O) groups excluding carboxylic acids is 2. The van der Waals surface area contributed by atoms with Crippen LogP contribution < -0.4 is 0 Å². The predicted octanol–water partition coefficient (Wildman–Crippen LogP) is 3.21. The van der Waals surface area contributed by atoms with Gasteiger partial charge in [0.25, 0.3) is 0 Å². The molecule has 0 spiro atoms. The summed E-state index contributed by atoms with van der Waals surface area (Å²) in [5.41, 5.74) is 0.649. The van der Waals surface area contributed by atoms with Gasteiger partial charge in [0.1, 0.15) is 5.82 Å². The number of rotatable bonds is 6. The summed E-state index contributed by atoms with van der Waals surface area (Å²) < 4.78 is 14.0. The van der Waals surface area contributed by atoms with Gasteiger partial charge in [-0.3, -0.25) is 14.5 Å². The molecule has 2 aliphatic rings. The van der Waals surface area contributed by atoms with Crippen molar-refractivity contribution >= 4 is 23.2 Å². The molecule has 0 radical (unpaired) electrons. The largest absolute Gasteiger partial charge is 0.342 e. The lowest BCUT2D eigenvalue weighted by Crippen LogP contribution is -2.48. The van der Waals surface area contributed by atoms with E-state index >= 15 is 0 Å². The molecule has 2 aliphatic heterocycles. The van der Waals surface area contributed by atoms with E-state index in [-0.39, 0.29) is 17.6 Å². The zero-order valence-corrected chi connectivity index (χ0v) is 17.3. The Balaban J connectivity index is 1.24. The van der Waals surface area contributed by atoms with E-state index in [4.69, 9.17) is 0 Å². The number of hydrogen-bond donors (Lipinski definition) is 0. The summed E-state index contributed by atoms with van der Waals surface area (Å²) in [6.45, 7) is 5.27. The van der Waals surface area contributed by atoms with Gasteiger partial charge in [0.05, 0.1) is 0 Å². The minimum Gasteiger partial charge on any atom is -0.342 e. The second-order valence-electron chi connectivity index (χ2n) is 7.64. The highest BCUT2D eigenvalue weighted by Gasteiger charge is 2.24. The Morgan fingerprint density at radius 1 is 1.03 bits per heavy atom. The second kappa shape index (κ2) is 9.05. The smallest absolute Gasteiger partial charge is 0.224 e. The van der Waals surface area contributed by atoms with E-state index in [1.165, 1.54) is 10.9 Å². The molecule has 1 aromatic carbocycles. The number of amides is 2. The molecule has 0 N–H and O–H groups in total. The van der Waals surface area contributed by atoms with Gasteiger partial charge in [0.2, 0.25) is 11.8 Å². The van der Waals surface area contributed by atoms with Gasteiger partial charge >= 0.3 is 0 Å². The SMILES string of the molecule is O=C1CCCN1CCC(=O)N1CCN(Cc2ccc(-c3ccccc3F)s2)CC1. The van der Waals surface area contributed by atoms with Crippen LogP contribution in [-0.4, -0.2) is 65.8 Å². The lowest BCUT2D eigenvalue weighted by Gasteiger charge is -2.34. The minimum absolute atomic E-state index is 0.141. The van der Waals surface area contributed by atoms with Crippen LogP contribution in [0.5, 0.6) is 0 Å². The first kappa shape index (κ1) is 20.0. The van der Waals surface area contributed by atoms with Crippen molar-refractivity contribution in [3.05, 3.63) is 47.1 Å². The van der Waals surface area contributed by atoms with Crippen LogP contribution >= 0.6 is 11.3 Å². The zero-order valence-electron chi connectivity index (χ0n) is 16.5. The molecule has 0 aliphatic carbocycles. The summed E-state index contributed by atoms with van der Waals surface area (Å²) in [6, 6.07) is 10.9. The van der Waals surface area contributed by atoms with Crippen LogP contribution in [0.2, 0.25) is 0 Å². The number of halogens is 1. The lowest BCUT2D eigenvalue weighted by atomic mass is 10.2. The quantitative estimate of drug-likeness (QED) is 0.728. The third-order valence-electron chi connectivity index (χ3n) is 5.67. The van der Waals surface area contributed by atoms with E-state index < -0.39 is 0 Å². The third kappa shape index (κ3) is 4.85. The Labute approximate surface area is 174 Å². The topological polar surface area (TPSA) is 43.9 Å². The van der Waals surface area contributed by atoms with Gasteiger partial charge in [-0.15, -0.1) is 11.3 Å². The van der Waals surface area contributed by atoms with Crippen molar-refractivity contribution < 1.29 is 14.0 Å². The van der Waals surface area contributed by atoms with Gasteiger partial charge in [0.15, 0.2) is 0 Å². The molecule has 1 aromatic heterocycles. The van der Waals surface area contributed by atoms with Crippen molar-refractivity contribution in [2.45, 2.75) is 25.8 Å². The summed E-state index contributed by atoms with van der Waals surface area (Å²) >= 11 is 1.62. The van der Waals surface area contributed by atoms with Crippen LogP contribution in [0.25, 0.3) is 10.4 Å². The number of likely N-dealkylation sites (tertiary alicyclic amines) is 1. The maximum atomic E-state index is 14.0. The van der Waals surface area contributed by atoms with Crippen molar-refractivity contribution in [1.82, 2.24) is 14.7 Å². The Morgan fingerprint density at radius 2 is 1.83 bits per heavy atom. The van der Waals surface area contributed by atoms with E-state index in [1.54, 1.807) is 22.3 Å². The molecular weight excluding hydrogens is 389 g/mol. The molecule has 0 unspecified atom stereocenters. The van der Waals surface area contributed by atoms with Gasteiger partial charge in [0, 0.05) is 74.0 Å². The molecule has 3 heterocycles. The van der Waals surface area contributed by atoms with Crippen LogP contribution in [0.3, 0.4) is 0 Å². The molecule has 2 aromatic rings. The van der Waals surface area contributed by atoms with Crippen molar-refractivity contribution in [3.8, 4) is 10.4 Å². The maximum absolute atomic E-state index is 14.0. The number of thiophene rings is 1. The Kier molecular flexibility index (Phi) is 6.25. The van der Waals surface area contributed by atoms with E-state index in [2.05, 4.69) is 11.0 Å². The number of hydrogen-bond acceptors (Lipinski definition) is 4. The molecule has 5 nitrogen and oxygen atoms in total. The van der Waals surface area contributed by atoms with Gasteiger partial charge in [-0.25, -0.2) is 4.39 Å². The van der Waals surface area contributed by atoms with Gasteiger partial charge in [-0.1, -0.05) is 18.2 Å². The molecule has 2 saturated heterocycles. The molecular formula is C22H26FN3O2S. The molecule has 0 atom stereocenters. The fourth-order valence-corrected chi connectivity index (χ4v) is 5.05. The monoisotopic (exact) mass is 415 g/mol. The molecule has 2 fully saturated rings. The number of nitrogens with zero attached hydrogens (tertiary/aromatic N) is 3. The first-order valence-electron chi connectivity index (χ1n) is 10.2. The fraction of sp³-hybridized carbons (Fsp3) is 0.455. The second-order valence-corrected chi connectivity index (χ2v) is 8.81. The highest BCUT2D eigenvalue weighted by Crippen LogP contribution is 2.30. The first-order valence-corrected chi connectivity index (χ1v) is 11.0. The van der Waals surface area contributed by atoms with Crippen LogP contribution in [0.15, 0.2) is 36.4 Å². The maximum Gasteiger partial charge on any atom is 0.224 e. The fourth-order valence-electron chi connectivity index (χ4n) is 3.97. The van der Waals surface area contributed by atoms with E-state index in [0.717, 1.165) is 50.6 Å². The van der Waals surface area contributed by atoms with Crippen LogP contribution in [0.1, 0.15) is 24.1 Å². The Hall–Kier alpha value is -2.25. The Bertz CT molecular complexity index is 876. The highest BCUT2D eigenvalue weighted by molar-refractivity contribution is 7.15. The van der Waals surface area contributed by atoms with Gasteiger partial charge in [-0.05, 0) is 24.6 Å². The van der Waals surface area contributed by atoms with Crippen molar-refractivity contribution in [1.29, 1.82) is 0 Å². The van der Waals surface area contributed by atoms with Crippen LogP contribution in [-0.2, 0) is 16.1 Å². The molecule has 7 heteroatoms. The Morgan fingerprint density at radius 3 is 2.55 bits per heavy atom. The van der Waals surface area contributed by atoms with Crippen molar-refractivity contribution in [2.75, 3.05) is 39.3 Å². The summed E-state index contributed by atoms with van der Waals surface area (Å²) in [7, 11) is 0. The first-order chi connectivity index (χ1) is 14.1. The number of piperazine rings is 1. The number of benzene rings is 1. The molecule has 154 valence electrons. The molecule has 4 rings (SSSR count). The molecule has 0 bridgehead atoms. The normalized spacial score (nSPS) is 17.9. The van der Waals surface area contributed by atoms with E-state index in [9.17, 15) is 14.0 Å². The minimum atomic E-state index is -0.191. The van der Waals surface area contributed by atoms with E-state index in [0.29, 0.717) is 24.9 Å². The van der Waals surface area contributed by atoms with Crippen LogP contribution in [0.4, 0.5) is 4.39 Å². The van der Waals surface area contributed by atoms with Crippen molar-refractivity contribution in [3.63, 3.8) is 0 Å². The third-order valence-corrected chi connectivity index (χ3v) is 6.78. The molecule has 2 amide bonds. The predicted molar refractivity (Wildman–Crippen MR) is 112 cm³/mol. The zero-order chi connectivity index (χ0) is 20.2. The van der Waals surface area contributed by atoms with Crippen molar-refractivity contribution in [2.24, 2.45) is 0 Å². The van der Waals surface area contributed by atoms with Gasteiger partial charge in [-0.2, -0.15) is 0 Å². The highest BCUT2D eigenvalue weighted by atomic mass is 32.1. The average Bonchev–Trinajstić information content (AvgIpc) is 3.36. The average molecular weight is 416 g/mol. The van der Waals surface area contributed by atoms with Gasteiger partial charge < -0.3 is 9.80 Å². The summed E-state index contributed by atoms with van der Waals surface area (Å²) in [5.74, 6) is 0.124. The standard InChI is InChI=1S/C22H26FN3O2S/c23-19-5-2-1-4-18(19)20-8-7-17(29-20)16-24-12-14-26(15-13-24)22(28)9-11-25-10-3-6-21(25)27/h1-2,4-5,7-8H,3,6,9-16H2. The summed E-state index contributed by atoms with van der Waals surface area (Å²) in [6.07, 6.45) is 1.95.